The Morgan fingerprint density at radius 2 is 1.65 bits per heavy atom. The van der Waals surface area contributed by atoms with Crippen LogP contribution in [0.5, 0.6) is 23.5 Å². The summed E-state index contributed by atoms with van der Waals surface area (Å²) in [6.07, 6.45) is 1.42. The van der Waals surface area contributed by atoms with Gasteiger partial charge < -0.3 is 14.2 Å². The standard InChI is InChI=1S/C16H12N4O3/c1-21-14-8-15(22-2)20-16(19-14)23-13-6-4-3-5-12(13)7-11(9-17)10-18/h3-8H,1-2H3. The fourth-order valence-electron chi connectivity index (χ4n) is 1.67. The molecule has 0 saturated heterocycles. The van der Waals surface area contributed by atoms with Gasteiger partial charge in [0.15, 0.2) is 0 Å². The Morgan fingerprint density at radius 1 is 1.04 bits per heavy atom. The molecule has 23 heavy (non-hydrogen) atoms. The highest BCUT2D eigenvalue weighted by molar-refractivity contribution is 5.66. The third kappa shape index (κ3) is 3.96. The van der Waals surface area contributed by atoms with Gasteiger partial charge in [0.1, 0.15) is 23.5 Å². The third-order valence-corrected chi connectivity index (χ3v) is 2.74. The van der Waals surface area contributed by atoms with E-state index in [1.807, 2.05) is 0 Å². The van der Waals surface area contributed by atoms with E-state index in [2.05, 4.69) is 9.97 Å². The van der Waals surface area contributed by atoms with E-state index < -0.39 is 0 Å². The van der Waals surface area contributed by atoms with Crippen LogP contribution in [0.3, 0.4) is 0 Å². The van der Waals surface area contributed by atoms with Crippen LogP contribution in [-0.2, 0) is 0 Å². The second-order valence-electron chi connectivity index (χ2n) is 4.16. The highest BCUT2D eigenvalue weighted by Gasteiger charge is 2.10. The maximum atomic E-state index is 8.87. The number of hydrogen-bond donors (Lipinski definition) is 0. The Kier molecular flexibility index (Phi) is 5.11. The summed E-state index contributed by atoms with van der Waals surface area (Å²) in [5.41, 5.74) is 0.515. The predicted molar refractivity (Wildman–Crippen MR) is 80.9 cm³/mol. The summed E-state index contributed by atoms with van der Waals surface area (Å²) in [5.74, 6) is 0.968. The predicted octanol–water partition coefficient (Wildman–Crippen LogP) is 2.72. The molecule has 0 aliphatic heterocycles. The number of allylic oxidation sites excluding steroid dienone is 1. The molecule has 0 amide bonds. The molecule has 0 bridgehead atoms. The van der Waals surface area contributed by atoms with Gasteiger partial charge in [-0.1, -0.05) is 18.2 Å². The van der Waals surface area contributed by atoms with Crippen molar-refractivity contribution in [3.05, 3.63) is 41.5 Å². The topological polar surface area (TPSA) is 101 Å². The van der Waals surface area contributed by atoms with Gasteiger partial charge in [-0.05, 0) is 12.1 Å². The first kappa shape index (κ1) is 15.8. The van der Waals surface area contributed by atoms with Gasteiger partial charge in [0.05, 0.1) is 20.3 Å². The second-order valence-corrected chi connectivity index (χ2v) is 4.16. The first-order valence-corrected chi connectivity index (χ1v) is 6.46. The van der Waals surface area contributed by atoms with E-state index >= 15 is 0 Å². The van der Waals surface area contributed by atoms with E-state index in [0.717, 1.165) is 0 Å². The molecule has 1 aromatic carbocycles. The van der Waals surface area contributed by atoms with Crippen LogP contribution in [0.2, 0.25) is 0 Å². The van der Waals surface area contributed by atoms with Crippen molar-refractivity contribution in [3.8, 4) is 35.7 Å². The molecule has 7 heteroatoms. The maximum absolute atomic E-state index is 8.87. The highest BCUT2D eigenvalue weighted by Crippen LogP contribution is 2.27. The molecule has 0 aliphatic rings. The van der Waals surface area contributed by atoms with E-state index in [9.17, 15) is 0 Å². The van der Waals surface area contributed by atoms with Crippen molar-refractivity contribution < 1.29 is 14.2 Å². The van der Waals surface area contributed by atoms with Crippen LogP contribution < -0.4 is 14.2 Å². The molecule has 0 atom stereocenters. The fourth-order valence-corrected chi connectivity index (χ4v) is 1.67. The summed E-state index contributed by atoms with van der Waals surface area (Å²) >= 11 is 0. The average molecular weight is 308 g/mol. The molecule has 114 valence electrons. The molecule has 0 fully saturated rings. The lowest BCUT2D eigenvalue weighted by molar-refractivity contribution is 0.348. The molecule has 0 saturated carbocycles. The highest BCUT2D eigenvalue weighted by atomic mass is 16.5. The zero-order chi connectivity index (χ0) is 16.7. The number of nitrogens with zero attached hydrogens (tertiary/aromatic N) is 4. The molecule has 0 spiro atoms. The lowest BCUT2D eigenvalue weighted by Crippen LogP contribution is -1.98. The smallest absolute Gasteiger partial charge is 0.328 e. The first-order chi connectivity index (χ1) is 11.2. The number of nitriles is 2. The van der Waals surface area contributed by atoms with Crippen molar-refractivity contribution in [2.24, 2.45) is 0 Å². The number of para-hydroxylation sites is 1. The Morgan fingerprint density at radius 3 is 2.22 bits per heavy atom. The summed E-state index contributed by atoms with van der Waals surface area (Å²) in [5, 5.41) is 17.7. The van der Waals surface area contributed by atoms with Crippen molar-refractivity contribution >= 4 is 6.08 Å². The van der Waals surface area contributed by atoms with Crippen molar-refractivity contribution in [2.75, 3.05) is 14.2 Å². The molecule has 0 unspecified atom stereocenters. The molecule has 0 radical (unpaired) electrons. The van der Waals surface area contributed by atoms with Crippen LogP contribution in [0.1, 0.15) is 5.56 Å². The van der Waals surface area contributed by atoms with E-state index in [1.165, 1.54) is 26.4 Å². The Bertz CT molecular complexity index is 781. The number of ether oxygens (including phenoxy) is 3. The maximum Gasteiger partial charge on any atom is 0.328 e. The normalized spacial score (nSPS) is 9.22. The summed E-state index contributed by atoms with van der Waals surface area (Å²) in [6.45, 7) is 0. The van der Waals surface area contributed by atoms with Crippen LogP contribution in [-0.4, -0.2) is 24.2 Å². The van der Waals surface area contributed by atoms with Gasteiger partial charge in [0, 0.05) is 5.56 Å². The molecular formula is C16H12N4O3. The summed E-state index contributed by atoms with van der Waals surface area (Å²) in [4.78, 5) is 8.14. The van der Waals surface area contributed by atoms with E-state index in [1.54, 1.807) is 36.4 Å². The minimum absolute atomic E-state index is 0.0255. The fraction of sp³-hybridized carbons (Fsp3) is 0.125. The van der Waals surface area contributed by atoms with Crippen molar-refractivity contribution in [1.29, 1.82) is 10.5 Å². The monoisotopic (exact) mass is 308 g/mol. The third-order valence-electron chi connectivity index (χ3n) is 2.74. The SMILES string of the molecule is COc1cc(OC)nc(Oc2ccccc2C=C(C#N)C#N)n1. The number of aromatic nitrogens is 2. The van der Waals surface area contributed by atoms with Crippen LogP contribution in [0.25, 0.3) is 6.08 Å². The number of benzene rings is 1. The molecule has 7 nitrogen and oxygen atoms in total. The van der Waals surface area contributed by atoms with Crippen LogP contribution in [0, 0.1) is 22.7 Å². The van der Waals surface area contributed by atoms with Gasteiger partial charge in [0.2, 0.25) is 11.8 Å². The average Bonchev–Trinajstić information content (AvgIpc) is 2.60. The molecule has 1 heterocycles. The number of rotatable bonds is 5. The number of methoxy groups -OCH3 is 2. The molecule has 0 N–H and O–H groups in total. The van der Waals surface area contributed by atoms with E-state index in [4.69, 9.17) is 24.7 Å². The van der Waals surface area contributed by atoms with Gasteiger partial charge in [0.25, 0.3) is 0 Å². The van der Waals surface area contributed by atoms with Crippen LogP contribution in [0.15, 0.2) is 35.9 Å². The second kappa shape index (κ2) is 7.43. The van der Waals surface area contributed by atoms with Crippen LogP contribution >= 0.6 is 0 Å². The van der Waals surface area contributed by atoms with Gasteiger partial charge in [-0.25, -0.2) is 0 Å². The van der Waals surface area contributed by atoms with Gasteiger partial charge in [-0.3, -0.25) is 0 Å². The van der Waals surface area contributed by atoms with Gasteiger partial charge in [-0.2, -0.15) is 20.5 Å². The lowest BCUT2D eigenvalue weighted by Gasteiger charge is -2.09. The largest absolute Gasteiger partial charge is 0.481 e. The lowest BCUT2D eigenvalue weighted by atomic mass is 10.1. The first-order valence-electron chi connectivity index (χ1n) is 6.46. The van der Waals surface area contributed by atoms with Crippen LogP contribution in [0.4, 0.5) is 0 Å². The summed E-state index contributed by atoms with van der Waals surface area (Å²) in [7, 11) is 2.93. The Hall–Kier alpha value is -3.58. The van der Waals surface area contributed by atoms with E-state index in [-0.39, 0.29) is 23.3 Å². The quantitative estimate of drug-likeness (QED) is 0.782. The minimum Gasteiger partial charge on any atom is -0.481 e. The van der Waals surface area contributed by atoms with Gasteiger partial charge >= 0.3 is 6.01 Å². The van der Waals surface area contributed by atoms with Crippen molar-refractivity contribution in [3.63, 3.8) is 0 Å². The minimum atomic E-state index is -0.0369. The zero-order valence-electron chi connectivity index (χ0n) is 12.5. The number of hydrogen-bond acceptors (Lipinski definition) is 7. The molecular weight excluding hydrogens is 296 g/mol. The van der Waals surface area contributed by atoms with Gasteiger partial charge in [-0.15, -0.1) is 0 Å². The molecule has 2 aromatic rings. The van der Waals surface area contributed by atoms with E-state index in [0.29, 0.717) is 11.3 Å². The Balaban J connectivity index is 2.40. The molecule has 0 aliphatic carbocycles. The Labute approximate surface area is 133 Å². The summed E-state index contributed by atoms with van der Waals surface area (Å²) in [6, 6.07) is 12.0. The molecule has 1 aromatic heterocycles. The zero-order valence-corrected chi connectivity index (χ0v) is 12.5. The summed E-state index contributed by atoms with van der Waals surface area (Å²) < 4.78 is 15.7. The molecule has 2 rings (SSSR count). The van der Waals surface area contributed by atoms with Crippen molar-refractivity contribution in [1.82, 2.24) is 9.97 Å². The van der Waals surface area contributed by atoms with Crippen molar-refractivity contribution in [2.45, 2.75) is 0 Å².